The predicted octanol–water partition coefficient (Wildman–Crippen LogP) is 3.19. The third-order valence-electron chi connectivity index (χ3n) is 3.80. The highest BCUT2D eigenvalue weighted by molar-refractivity contribution is 9.10. The van der Waals surface area contributed by atoms with Crippen molar-refractivity contribution in [3.8, 4) is 0 Å². The summed E-state index contributed by atoms with van der Waals surface area (Å²) >= 11 is 3.16. The summed E-state index contributed by atoms with van der Waals surface area (Å²) in [6, 6.07) is 7.30. The van der Waals surface area contributed by atoms with E-state index in [4.69, 9.17) is 0 Å². The van der Waals surface area contributed by atoms with E-state index in [0.717, 1.165) is 5.56 Å². The van der Waals surface area contributed by atoms with Crippen molar-refractivity contribution in [2.24, 2.45) is 0 Å². The van der Waals surface area contributed by atoms with Crippen molar-refractivity contribution < 1.29 is 14.0 Å². The number of amides is 2. The van der Waals surface area contributed by atoms with Gasteiger partial charge < -0.3 is 10.6 Å². The zero-order chi connectivity index (χ0) is 19.3. The molecule has 0 aliphatic carbocycles. The van der Waals surface area contributed by atoms with Crippen LogP contribution in [0.5, 0.6) is 0 Å². The summed E-state index contributed by atoms with van der Waals surface area (Å²) in [4.78, 5) is 30.1. The van der Waals surface area contributed by atoms with Crippen LogP contribution >= 0.6 is 15.9 Å². The van der Waals surface area contributed by atoms with Crippen LogP contribution in [-0.4, -0.2) is 41.3 Å². The lowest BCUT2D eigenvalue weighted by Gasteiger charge is -2.23. The normalized spacial score (nSPS) is 11.9. The molecule has 1 unspecified atom stereocenters. The van der Waals surface area contributed by atoms with Gasteiger partial charge in [0, 0.05) is 10.7 Å². The topological polar surface area (TPSA) is 74.3 Å². The van der Waals surface area contributed by atoms with Gasteiger partial charge in [0.15, 0.2) is 0 Å². The lowest BCUT2D eigenvalue weighted by atomic mass is 10.2. The fourth-order valence-electron chi connectivity index (χ4n) is 2.12. The Hall–Kier alpha value is -2.32. The van der Waals surface area contributed by atoms with E-state index >= 15 is 0 Å². The van der Waals surface area contributed by atoms with Crippen LogP contribution in [0.25, 0.3) is 0 Å². The molecule has 0 radical (unpaired) electrons. The Kier molecular flexibility index (Phi) is 6.82. The monoisotopic (exact) mass is 422 g/mol. The van der Waals surface area contributed by atoms with Crippen molar-refractivity contribution in [2.75, 3.05) is 24.2 Å². The molecule has 0 fully saturated rings. The molecule has 0 saturated heterocycles. The number of aromatic nitrogens is 1. The quantitative estimate of drug-likeness (QED) is 0.749. The summed E-state index contributed by atoms with van der Waals surface area (Å²) in [6.07, 6.45) is 1.65. The van der Waals surface area contributed by atoms with Crippen molar-refractivity contribution in [1.82, 2.24) is 9.88 Å². The van der Waals surface area contributed by atoms with Crippen LogP contribution in [0.4, 0.5) is 15.9 Å². The Labute approximate surface area is 159 Å². The van der Waals surface area contributed by atoms with Crippen LogP contribution in [0.2, 0.25) is 0 Å². The number of hydrogen-bond donors (Lipinski definition) is 2. The number of halogens is 2. The largest absolute Gasteiger partial charge is 0.322 e. The number of likely N-dealkylation sites (N-methyl/N-ethyl adjacent to an activating group) is 1. The van der Waals surface area contributed by atoms with Gasteiger partial charge >= 0.3 is 0 Å². The number of nitrogens with zero attached hydrogens (tertiary/aromatic N) is 2. The molecule has 2 aromatic rings. The zero-order valence-corrected chi connectivity index (χ0v) is 16.3. The number of pyridine rings is 1. The second-order valence-corrected chi connectivity index (χ2v) is 6.89. The molecular formula is C18H20BrFN4O2. The first-order chi connectivity index (χ1) is 12.3. The van der Waals surface area contributed by atoms with Gasteiger partial charge in [-0.05, 0) is 50.7 Å². The molecule has 26 heavy (non-hydrogen) atoms. The van der Waals surface area contributed by atoms with Gasteiger partial charge in [0.1, 0.15) is 11.6 Å². The number of aryl methyl sites for hydroxylation is 1. The lowest BCUT2D eigenvalue weighted by molar-refractivity contribution is -0.122. The molecule has 0 aliphatic heterocycles. The van der Waals surface area contributed by atoms with E-state index in [-0.39, 0.29) is 18.1 Å². The molecule has 0 aliphatic rings. The van der Waals surface area contributed by atoms with Crippen LogP contribution in [0.15, 0.2) is 41.0 Å². The average Bonchev–Trinajstić information content (AvgIpc) is 2.58. The Morgan fingerprint density at radius 3 is 2.62 bits per heavy atom. The minimum Gasteiger partial charge on any atom is -0.322 e. The first-order valence-corrected chi connectivity index (χ1v) is 8.74. The highest BCUT2D eigenvalue weighted by atomic mass is 79.9. The molecule has 1 heterocycles. The Morgan fingerprint density at radius 1 is 1.27 bits per heavy atom. The minimum absolute atomic E-state index is 0.00698. The Balaban J connectivity index is 1.90. The standard InChI is InChI=1S/C18H20BrFN4O2/c1-11-4-7-16(21-9-11)23-17(25)10-24(3)12(2)18(26)22-15-6-5-13(19)8-14(15)20/h4-9,12H,10H2,1-3H3,(H,22,26)(H,21,23,25). The third kappa shape index (κ3) is 5.60. The van der Waals surface area contributed by atoms with E-state index in [2.05, 4.69) is 31.5 Å². The molecule has 1 aromatic carbocycles. The van der Waals surface area contributed by atoms with Crippen LogP contribution in [-0.2, 0) is 9.59 Å². The van der Waals surface area contributed by atoms with Crippen molar-refractivity contribution in [1.29, 1.82) is 0 Å². The van der Waals surface area contributed by atoms with Gasteiger partial charge in [-0.2, -0.15) is 0 Å². The summed E-state index contributed by atoms with van der Waals surface area (Å²) in [6.45, 7) is 3.54. The summed E-state index contributed by atoms with van der Waals surface area (Å²) in [5.74, 6) is -0.790. The molecular weight excluding hydrogens is 403 g/mol. The number of hydrogen-bond acceptors (Lipinski definition) is 4. The second kappa shape index (κ2) is 8.86. The number of carbonyl (C=O) groups excluding carboxylic acids is 2. The second-order valence-electron chi connectivity index (χ2n) is 5.97. The summed E-state index contributed by atoms with van der Waals surface area (Å²) in [5, 5.41) is 5.20. The van der Waals surface area contributed by atoms with Gasteiger partial charge in [-0.3, -0.25) is 14.5 Å². The number of benzene rings is 1. The van der Waals surface area contributed by atoms with E-state index in [1.165, 1.54) is 12.1 Å². The maximum atomic E-state index is 13.8. The fraction of sp³-hybridized carbons (Fsp3) is 0.278. The van der Waals surface area contributed by atoms with Gasteiger partial charge in [0.25, 0.3) is 0 Å². The smallest absolute Gasteiger partial charge is 0.241 e. The maximum Gasteiger partial charge on any atom is 0.241 e. The molecule has 0 saturated carbocycles. The third-order valence-corrected chi connectivity index (χ3v) is 4.29. The molecule has 1 atom stereocenters. The number of anilines is 2. The van der Waals surface area contributed by atoms with Crippen LogP contribution in [0, 0.1) is 12.7 Å². The van der Waals surface area contributed by atoms with Gasteiger partial charge in [-0.1, -0.05) is 22.0 Å². The van der Waals surface area contributed by atoms with E-state index in [1.54, 1.807) is 37.2 Å². The van der Waals surface area contributed by atoms with Crippen LogP contribution in [0.1, 0.15) is 12.5 Å². The molecule has 2 N–H and O–H groups in total. The summed E-state index contributed by atoms with van der Waals surface area (Å²) < 4.78 is 14.4. The molecule has 0 bridgehead atoms. The van der Waals surface area contributed by atoms with E-state index in [0.29, 0.717) is 10.3 Å². The predicted molar refractivity (Wildman–Crippen MR) is 102 cm³/mol. The SMILES string of the molecule is Cc1ccc(NC(=O)CN(C)C(C)C(=O)Nc2ccc(Br)cc2F)nc1. The van der Waals surface area contributed by atoms with Gasteiger partial charge in [-0.25, -0.2) is 9.37 Å². The van der Waals surface area contributed by atoms with Crippen molar-refractivity contribution in [3.63, 3.8) is 0 Å². The van der Waals surface area contributed by atoms with Gasteiger partial charge in [0.2, 0.25) is 11.8 Å². The Bertz CT molecular complexity index is 798. The zero-order valence-electron chi connectivity index (χ0n) is 14.7. The van der Waals surface area contributed by atoms with E-state index in [9.17, 15) is 14.0 Å². The molecule has 2 rings (SSSR count). The van der Waals surface area contributed by atoms with Crippen LogP contribution < -0.4 is 10.6 Å². The molecule has 6 nitrogen and oxygen atoms in total. The highest BCUT2D eigenvalue weighted by Crippen LogP contribution is 2.19. The lowest BCUT2D eigenvalue weighted by Crippen LogP contribution is -2.43. The summed E-state index contributed by atoms with van der Waals surface area (Å²) in [5.41, 5.74) is 1.08. The van der Waals surface area contributed by atoms with E-state index < -0.39 is 17.8 Å². The molecule has 2 amide bonds. The molecule has 8 heteroatoms. The molecule has 1 aromatic heterocycles. The van der Waals surface area contributed by atoms with Gasteiger partial charge in [0.05, 0.1) is 18.3 Å². The van der Waals surface area contributed by atoms with E-state index in [1.807, 2.05) is 13.0 Å². The highest BCUT2D eigenvalue weighted by Gasteiger charge is 2.21. The number of carbonyl (C=O) groups is 2. The van der Waals surface area contributed by atoms with Gasteiger partial charge in [-0.15, -0.1) is 0 Å². The maximum absolute atomic E-state index is 13.8. The number of nitrogens with one attached hydrogen (secondary N) is 2. The molecule has 138 valence electrons. The van der Waals surface area contributed by atoms with Crippen molar-refractivity contribution >= 4 is 39.2 Å². The Morgan fingerprint density at radius 2 is 2.00 bits per heavy atom. The number of rotatable bonds is 6. The first-order valence-electron chi connectivity index (χ1n) is 7.95. The van der Waals surface area contributed by atoms with Crippen LogP contribution in [0.3, 0.4) is 0 Å². The van der Waals surface area contributed by atoms with Crippen molar-refractivity contribution in [3.05, 3.63) is 52.4 Å². The minimum atomic E-state index is -0.630. The summed E-state index contributed by atoms with van der Waals surface area (Å²) in [7, 11) is 1.64. The first kappa shape index (κ1) is 20.0. The fourth-order valence-corrected chi connectivity index (χ4v) is 2.45. The molecule has 0 spiro atoms. The van der Waals surface area contributed by atoms with Crippen molar-refractivity contribution in [2.45, 2.75) is 19.9 Å². The average molecular weight is 423 g/mol.